The molecule has 1 aliphatic rings. The fraction of sp³-hybridized carbons (Fsp3) is 0.481. The minimum Gasteiger partial charge on any atom is -0.489 e. The molecule has 3 aromatic rings. The first-order valence-electron chi connectivity index (χ1n) is 12.6. The van der Waals surface area contributed by atoms with Gasteiger partial charge in [0.25, 0.3) is 0 Å². The van der Waals surface area contributed by atoms with E-state index in [1.54, 1.807) is 0 Å². The summed E-state index contributed by atoms with van der Waals surface area (Å²) in [4.78, 5) is 13.8. The van der Waals surface area contributed by atoms with Gasteiger partial charge in [-0.1, -0.05) is 17.7 Å². The number of halogens is 4. The quantitative estimate of drug-likeness (QED) is 0.315. The van der Waals surface area contributed by atoms with Crippen LogP contribution in [0.4, 0.5) is 13.2 Å². The van der Waals surface area contributed by atoms with Crippen molar-refractivity contribution in [2.75, 3.05) is 13.1 Å². The summed E-state index contributed by atoms with van der Waals surface area (Å²) in [5.74, 6) is 0.612. The van der Waals surface area contributed by atoms with Crippen molar-refractivity contribution in [3.05, 3.63) is 53.3 Å². The van der Waals surface area contributed by atoms with E-state index in [0.29, 0.717) is 11.6 Å². The molecule has 0 saturated carbocycles. The number of nitrogens with one attached hydrogen (secondary N) is 1. The Hall–Kier alpha value is -2.98. The number of hydrogen-bond acceptors (Lipinski definition) is 5. The topological polar surface area (TPSA) is 85.6 Å². The van der Waals surface area contributed by atoms with Crippen molar-refractivity contribution in [2.24, 2.45) is 5.92 Å². The number of alkyl halides is 3. The van der Waals surface area contributed by atoms with Crippen molar-refractivity contribution in [3.63, 3.8) is 0 Å². The number of piperidine rings is 1. The summed E-state index contributed by atoms with van der Waals surface area (Å²) >= 11 is 6.00. The monoisotopic (exact) mass is 555 g/mol. The zero-order valence-electron chi connectivity index (χ0n) is 21.4. The van der Waals surface area contributed by atoms with Crippen LogP contribution in [0.5, 0.6) is 11.5 Å². The lowest BCUT2D eigenvalue weighted by atomic mass is 9.93. The van der Waals surface area contributed by atoms with Crippen LogP contribution < -0.4 is 14.8 Å². The first-order chi connectivity index (χ1) is 18.0. The molecule has 0 aliphatic carbocycles. The summed E-state index contributed by atoms with van der Waals surface area (Å²) in [6, 6.07) is 13.6. The molecule has 1 aromatic heterocycles. The highest BCUT2D eigenvalue weighted by Crippen LogP contribution is 2.29. The van der Waals surface area contributed by atoms with Gasteiger partial charge in [0.1, 0.15) is 29.4 Å². The van der Waals surface area contributed by atoms with E-state index in [9.17, 15) is 13.2 Å². The molecule has 7 nitrogen and oxygen atoms in total. The summed E-state index contributed by atoms with van der Waals surface area (Å²) < 4.78 is 46.1. The summed E-state index contributed by atoms with van der Waals surface area (Å²) in [5, 5.41) is 11.3. The van der Waals surface area contributed by atoms with Gasteiger partial charge in [-0.05, 0) is 94.9 Å². The highest BCUT2D eigenvalue weighted by Gasteiger charge is 2.38. The molecular weight excluding hydrogens is 523 g/mol. The maximum atomic E-state index is 10.6. The number of ether oxygens (including phenoxy) is 2. The molecular formula is C27H33ClF3N3O4. The van der Waals surface area contributed by atoms with Gasteiger partial charge in [0, 0.05) is 11.6 Å². The van der Waals surface area contributed by atoms with E-state index >= 15 is 0 Å². The number of aryl methyl sites for hydroxylation is 1. The molecule has 4 rings (SSSR count). The first kappa shape index (κ1) is 29.6. The van der Waals surface area contributed by atoms with Crippen LogP contribution in [0.25, 0.3) is 11.0 Å². The van der Waals surface area contributed by atoms with Gasteiger partial charge in [-0.25, -0.2) is 9.78 Å². The Morgan fingerprint density at radius 3 is 2.45 bits per heavy atom. The summed E-state index contributed by atoms with van der Waals surface area (Å²) in [6.45, 7) is 7.72. The second kappa shape index (κ2) is 13.7. The van der Waals surface area contributed by atoms with Crippen molar-refractivity contribution >= 4 is 28.6 Å². The van der Waals surface area contributed by atoms with Crippen LogP contribution in [-0.4, -0.2) is 46.0 Å². The number of aromatic nitrogens is 2. The number of carbonyl (C=O) groups is 1. The van der Waals surface area contributed by atoms with Crippen LogP contribution >= 0.6 is 11.6 Å². The Kier molecular flexibility index (Phi) is 10.7. The zero-order chi connectivity index (χ0) is 27.7. The third-order valence-corrected chi connectivity index (χ3v) is 6.31. The molecule has 2 N–H and O–H groups in total. The van der Waals surface area contributed by atoms with E-state index in [1.165, 1.54) is 19.3 Å². The number of hydrogen-bond donors (Lipinski definition) is 2. The van der Waals surface area contributed by atoms with Crippen LogP contribution in [0.3, 0.4) is 0 Å². The number of para-hydroxylation sites is 1. The molecule has 0 amide bonds. The van der Waals surface area contributed by atoms with E-state index in [-0.39, 0.29) is 6.10 Å². The second-order valence-corrected chi connectivity index (χ2v) is 9.79. The zero-order valence-corrected chi connectivity index (χ0v) is 22.2. The van der Waals surface area contributed by atoms with Crippen LogP contribution in [-0.2, 0) is 17.9 Å². The van der Waals surface area contributed by atoms with E-state index in [0.717, 1.165) is 60.3 Å². The van der Waals surface area contributed by atoms with Crippen LogP contribution in [0, 0.1) is 5.92 Å². The number of nitrogens with zero attached hydrogens (tertiary/aromatic N) is 2. The first-order valence-corrected chi connectivity index (χ1v) is 13.0. The van der Waals surface area contributed by atoms with Gasteiger partial charge < -0.3 is 24.5 Å². The lowest BCUT2D eigenvalue weighted by molar-refractivity contribution is -0.192. The van der Waals surface area contributed by atoms with Crippen LogP contribution in [0.1, 0.15) is 45.4 Å². The number of aliphatic carboxylic acids is 1. The van der Waals surface area contributed by atoms with Gasteiger partial charge in [-0.3, -0.25) is 0 Å². The average molecular weight is 556 g/mol. The smallest absolute Gasteiger partial charge is 0.489 e. The van der Waals surface area contributed by atoms with Crippen LogP contribution in [0.15, 0.2) is 42.5 Å². The van der Waals surface area contributed by atoms with E-state index in [2.05, 4.69) is 22.0 Å². The van der Waals surface area contributed by atoms with E-state index in [1.807, 2.05) is 44.2 Å². The Bertz CT molecular complexity index is 1180. The number of benzene rings is 2. The maximum absolute atomic E-state index is 10.6. The van der Waals surface area contributed by atoms with Gasteiger partial charge in [0.15, 0.2) is 0 Å². The summed E-state index contributed by atoms with van der Waals surface area (Å²) in [6.07, 6.45) is -0.0301. The Balaban J connectivity index is 0.000000505. The number of fused-ring (bicyclic) bond motifs is 1. The summed E-state index contributed by atoms with van der Waals surface area (Å²) in [5.41, 5.74) is 2.02. The minimum atomic E-state index is -5.08. The lowest BCUT2D eigenvalue weighted by Gasteiger charge is -2.22. The third-order valence-electron chi connectivity index (χ3n) is 6.06. The maximum Gasteiger partial charge on any atom is 0.490 e. The molecule has 0 bridgehead atoms. The lowest BCUT2D eigenvalue weighted by Crippen LogP contribution is -2.27. The summed E-state index contributed by atoms with van der Waals surface area (Å²) in [7, 11) is 0. The van der Waals surface area contributed by atoms with Gasteiger partial charge >= 0.3 is 12.1 Å². The van der Waals surface area contributed by atoms with Crippen molar-refractivity contribution < 1.29 is 32.5 Å². The predicted octanol–water partition coefficient (Wildman–Crippen LogP) is 6.47. The van der Waals surface area contributed by atoms with Gasteiger partial charge in [-0.15, -0.1) is 0 Å². The molecule has 208 valence electrons. The van der Waals surface area contributed by atoms with Crippen molar-refractivity contribution in [1.82, 2.24) is 14.9 Å². The Morgan fingerprint density at radius 2 is 1.84 bits per heavy atom. The van der Waals surface area contributed by atoms with Crippen molar-refractivity contribution in [3.8, 4) is 11.5 Å². The van der Waals surface area contributed by atoms with Gasteiger partial charge in [0.05, 0.1) is 11.6 Å². The molecule has 0 spiro atoms. The molecule has 0 radical (unpaired) electrons. The highest BCUT2D eigenvalue weighted by molar-refractivity contribution is 6.30. The van der Waals surface area contributed by atoms with Gasteiger partial charge in [-0.2, -0.15) is 13.2 Å². The molecule has 0 unspecified atom stereocenters. The molecule has 1 saturated heterocycles. The van der Waals surface area contributed by atoms with Gasteiger partial charge in [0.2, 0.25) is 0 Å². The minimum absolute atomic E-state index is 0.101. The molecule has 11 heteroatoms. The predicted molar refractivity (Wildman–Crippen MR) is 140 cm³/mol. The molecule has 38 heavy (non-hydrogen) atoms. The third kappa shape index (κ3) is 8.80. The number of carboxylic acids is 1. The fourth-order valence-corrected chi connectivity index (χ4v) is 4.39. The Labute approximate surface area is 224 Å². The Morgan fingerprint density at radius 1 is 1.18 bits per heavy atom. The molecule has 2 aromatic carbocycles. The molecule has 2 heterocycles. The molecule has 1 aliphatic heterocycles. The standard InChI is InChI=1S/C25H32ClN3O2.C2HF3O2/c1-18(2)31-23-7-3-6-22-25(23)28-24(17-30-21-10-8-20(26)9-11-21)29(22)16-4-5-19-12-14-27-15-13-19;3-2(4,5)1(6)7/h3,6-11,18-19,27H,4-5,12-17H2,1-2H3;(H,6,7). The number of carboxylic acid groups (broad SMARTS) is 1. The highest BCUT2D eigenvalue weighted by atomic mass is 35.5. The SMILES string of the molecule is CC(C)Oc1cccc2c1nc(COc1ccc(Cl)cc1)n2CCCC1CCNCC1.O=C(O)C(F)(F)F. The van der Waals surface area contributed by atoms with Crippen molar-refractivity contribution in [2.45, 2.75) is 65.0 Å². The van der Waals surface area contributed by atoms with Crippen molar-refractivity contribution in [1.29, 1.82) is 0 Å². The number of rotatable bonds is 9. The molecule has 1 fully saturated rings. The average Bonchev–Trinajstić information content (AvgIpc) is 3.22. The molecule has 0 atom stereocenters. The van der Waals surface area contributed by atoms with E-state index in [4.69, 9.17) is 36.0 Å². The largest absolute Gasteiger partial charge is 0.490 e. The van der Waals surface area contributed by atoms with Crippen LogP contribution in [0.2, 0.25) is 5.02 Å². The normalized spacial score (nSPS) is 14.3. The van der Waals surface area contributed by atoms with E-state index < -0.39 is 12.1 Å². The second-order valence-electron chi connectivity index (χ2n) is 9.35. The fourth-order valence-electron chi connectivity index (χ4n) is 4.27. The number of imidazole rings is 1.